The minimum Gasteiger partial charge on any atom is -0.382 e. The van der Waals surface area contributed by atoms with Crippen LogP contribution in [0.3, 0.4) is 0 Å². The molecule has 1 saturated heterocycles. The summed E-state index contributed by atoms with van der Waals surface area (Å²) < 4.78 is 66.7. The monoisotopic (exact) mass is 459 g/mol. The normalized spacial score (nSPS) is 25.6. The Morgan fingerprint density at radius 3 is 2.86 bits per heavy atom. The van der Waals surface area contributed by atoms with E-state index in [1.807, 2.05) is 0 Å². The van der Waals surface area contributed by atoms with Crippen molar-refractivity contribution in [3.63, 3.8) is 0 Å². The van der Waals surface area contributed by atoms with Gasteiger partial charge in [-0.3, -0.25) is 9.46 Å². The zero-order valence-corrected chi connectivity index (χ0v) is 16.3. The molecule has 0 saturated carbocycles. The highest BCUT2D eigenvalue weighted by Gasteiger charge is 2.46. The molecule has 3 heterocycles. The van der Waals surface area contributed by atoms with Crippen molar-refractivity contribution < 1.29 is 45.8 Å². The Morgan fingerprint density at radius 2 is 2.14 bits per heavy atom. The van der Waals surface area contributed by atoms with Crippen molar-refractivity contribution in [2.24, 2.45) is 0 Å². The van der Waals surface area contributed by atoms with E-state index < -0.39 is 49.4 Å². The van der Waals surface area contributed by atoms with Gasteiger partial charge in [0, 0.05) is 24.2 Å². The largest absolute Gasteiger partial charge is 0.708 e. The van der Waals surface area contributed by atoms with Crippen molar-refractivity contribution in [2.75, 3.05) is 12.3 Å². The molecular formula is C10H13FN5O9P3+2. The molecule has 6 atom stereocenters. The average Bonchev–Trinajstić information content (AvgIpc) is 3.15. The molecule has 2 aromatic heterocycles. The third-order valence-corrected chi connectivity index (χ3v) is 6.60. The van der Waals surface area contributed by atoms with Crippen LogP contribution >= 0.6 is 24.3 Å². The molecule has 4 N–H and O–H groups in total. The predicted molar refractivity (Wildman–Crippen MR) is 88.5 cm³/mol. The molecule has 1 aliphatic heterocycles. The lowest BCUT2D eigenvalue weighted by molar-refractivity contribution is -0.0315. The number of alkyl halides is 1. The van der Waals surface area contributed by atoms with Gasteiger partial charge in [0.2, 0.25) is 0 Å². The molecule has 152 valence electrons. The first kappa shape index (κ1) is 21.2. The number of phosphoric acid groups is 1. The van der Waals surface area contributed by atoms with E-state index in [-0.39, 0.29) is 23.4 Å². The maximum absolute atomic E-state index is 14.4. The molecule has 28 heavy (non-hydrogen) atoms. The molecule has 1 fully saturated rings. The lowest BCUT2D eigenvalue weighted by Gasteiger charge is -2.15. The van der Waals surface area contributed by atoms with E-state index in [1.165, 1.54) is 17.2 Å². The summed E-state index contributed by atoms with van der Waals surface area (Å²) in [5.74, 6) is 0.117. The molecule has 1 aliphatic rings. The number of anilines is 1. The predicted octanol–water partition coefficient (Wildman–Crippen LogP) is 1.49. The van der Waals surface area contributed by atoms with Crippen molar-refractivity contribution in [3.8, 4) is 0 Å². The number of rotatable bonds is 8. The minimum atomic E-state index is -5.06. The summed E-state index contributed by atoms with van der Waals surface area (Å²) in [6, 6.07) is 0. The van der Waals surface area contributed by atoms with Crippen molar-refractivity contribution >= 4 is 41.3 Å². The van der Waals surface area contributed by atoms with Crippen LogP contribution in [0.5, 0.6) is 0 Å². The number of hydrogen-bond acceptors (Lipinski definition) is 11. The fourth-order valence-electron chi connectivity index (χ4n) is 2.46. The number of imidazole rings is 1. The first-order valence-electron chi connectivity index (χ1n) is 7.37. The Morgan fingerprint density at radius 1 is 1.39 bits per heavy atom. The van der Waals surface area contributed by atoms with E-state index in [4.69, 9.17) is 24.8 Å². The highest BCUT2D eigenvalue weighted by Crippen LogP contribution is 2.57. The van der Waals surface area contributed by atoms with Gasteiger partial charge >= 0.3 is 24.3 Å². The highest BCUT2D eigenvalue weighted by atomic mass is 31.3. The highest BCUT2D eigenvalue weighted by molar-refractivity contribution is 7.61. The summed E-state index contributed by atoms with van der Waals surface area (Å²) in [5, 5.41) is 0. The Kier molecular flexibility index (Phi) is 6.40. The third-order valence-electron chi connectivity index (χ3n) is 3.50. The van der Waals surface area contributed by atoms with Crippen LogP contribution in [0, 0.1) is 0 Å². The quantitative estimate of drug-likeness (QED) is 0.480. The molecular weight excluding hydrogens is 446 g/mol. The second-order valence-electron chi connectivity index (χ2n) is 5.37. The lowest BCUT2D eigenvalue weighted by Crippen LogP contribution is -2.17. The summed E-state index contributed by atoms with van der Waals surface area (Å²) >= 11 is 0. The minimum absolute atomic E-state index is 0.117. The summed E-state index contributed by atoms with van der Waals surface area (Å²) in [6.45, 7) is -0.457. The molecule has 0 radical (unpaired) electrons. The Balaban J connectivity index is 1.59. The number of halogens is 1. The summed E-state index contributed by atoms with van der Waals surface area (Å²) in [4.78, 5) is 29.2. The van der Waals surface area contributed by atoms with Crippen LogP contribution in [0.1, 0.15) is 12.6 Å². The molecule has 0 aromatic carbocycles. The topological polar surface area (TPSA) is 198 Å². The van der Waals surface area contributed by atoms with Gasteiger partial charge in [-0.05, 0) is 0 Å². The van der Waals surface area contributed by atoms with Gasteiger partial charge in [-0.25, -0.2) is 23.9 Å². The van der Waals surface area contributed by atoms with Gasteiger partial charge in [-0.2, -0.15) is 0 Å². The third kappa shape index (κ3) is 4.90. The van der Waals surface area contributed by atoms with E-state index in [9.17, 15) is 18.1 Å². The van der Waals surface area contributed by atoms with Crippen LogP contribution in [0.2, 0.25) is 0 Å². The van der Waals surface area contributed by atoms with E-state index in [0.29, 0.717) is 0 Å². The maximum atomic E-state index is 14.4. The molecule has 0 amide bonds. The molecule has 0 aliphatic carbocycles. The number of ether oxygens (including phenoxy) is 1. The Bertz CT molecular complexity index is 960. The van der Waals surface area contributed by atoms with Gasteiger partial charge in [-0.15, -0.1) is 9.42 Å². The standard InChI is InChI=1S/C10H11FN5O9P3/c11-6-1-5(2-22-27(19)25-28(20,21)24-26(17)18)23-10(6)16-4-15-7-8(12)13-3-14-9(7)16/h3-6,10H,1-2H2,(H2-2,12,13,14,17,18,20,21)/p+2. The number of aromatic nitrogens is 4. The van der Waals surface area contributed by atoms with E-state index in [2.05, 4.69) is 23.6 Å². The van der Waals surface area contributed by atoms with Crippen LogP contribution in [0.4, 0.5) is 10.2 Å². The van der Waals surface area contributed by atoms with E-state index in [1.54, 1.807) is 0 Å². The number of hydrogen-bond donors (Lipinski definition) is 3. The van der Waals surface area contributed by atoms with Gasteiger partial charge in [0.25, 0.3) is 0 Å². The van der Waals surface area contributed by atoms with Crippen LogP contribution in [-0.4, -0.2) is 48.2 Å². The van der Waals surface area contributed by atoms with Crippen molar-refractivity contribution in [2.45, 2.75) is 24.9 Å². The first-order valence-corrected chi connectivity index (χ1v) is 11.1. The summed E-state index contributed by atoms with van der Waals surface area (Å²) in [7, 11) is -11.7. The Hall–Kier alpha value is -1.53. The molecule has 0 spiro atoms. The Labute approximate surface area is 157 Å². The SMILES string of the molecule is Nc1ncnc2c1ncn2C1OC(CO[P+](=O)OP(=O)(O)O[P+](=O)O)CC1F. The van der Waals surface area contributed by atoms with E-state index in [0.717, 1.165) is 0 Å². The van der Waals surface area contributed by atoms with Gasteiger partial charge in [-0.1, -0.05) is 0 Å². The van der Waals surface area contributed by atoms with Gasteiger partial charge in [0.15, 0.2) is 17.7 Å². The molecule has 14 nitrogen and oxygen atoms in total. The van der Waals surface area contributed by atoms with Gasteiger partial charge in [0.05, 0.1) is 12.4 Å². The number of nitrogens with two attached hydrogens (primary N) is 1. The van der Waals surface area contributed by atoms with Gasteiger partial charge in [0.1, 0.15) is 24.6 Å². The van der Waals surface area contributed by atoms with Crippen LogP contribution in [-0.2, 0) is 31.6 Å². The fourth-order valence-corrected chi connectivity index (χ4v) is 4.71. The fraction of sp³-hybridized carbons (Fsp3) is 0.500. The average molecular weight is 459 g/mol. The van der Waals surface area contributed by atoms with Crippen LogP contribution < -0.4 is 5.73 Å². The van der Waals surface area contributed by atoms with Crippen LogP contribution in [0.25, 0.3) is 11.2 Å². The second kappa shape index (κ2) is 8.46. The zero-order chi connectivity index (χ0) is 20.5. The lowest BCUT2D eigenvalue weighted by atomic mass is 10.2. The molecule has 0 bridgehead atoms. The van der Waals surface area contributed by atoms with Crippen LogP contribution in [0.15, 0.2) is 12.7 Å². The zero-order valence-electron chi connectivity index (χ0n) is 13.6. The second-order valence-corrected chi connectivity index (χ2v) is 8.80. The molecule has 3 rings (SSSR count). The van der Waals surface area contributed by atoms with Gasteiger partial charge < -0.3 is 10.5 Å². The first-order chi connectivity index (χ1) is 13.2. The number of nitrogens with zero attached hydrogens (tertiary/aromatic N) is 4. The molecule has 6 unspecified atom stereocenters. The maximum Gasteiger partial charge on any atom is 0.708 e. The molecule has 18 heteroatoms. The number of nitrogen functional groups attached to an aromatic ring is 1. The van der Waals surface area contributed by atoms with Crippen molar-refractivity contribution in [1.29, 1.82) is 0 Å². The van der Waals surface area contributed by atoms with E-state index >= 15 is 0 Å². The summed E-state index contributed by atoms with van der Waals surface area (Å²) in [6.07, 6.45) is -1.16. The number of fused-ring (bicyclic) bond motifs is 1. The smallest absolute Gasteiger partial charge is 0.382 e. The molecule has 2 aromatic rings. The van der Waals surface area contributed by atoms with Crippen molar-refractivity contribution in [3.05, 3.63) is 12.7 Å². The van der Waals surface area contributed by atoms with Crippen molar-refractivity contribution in [1.82, 2.24) is 19.5 Å². The summed E-state index contributed by atoms with van der Waals surface area (Å²) in [5.41, 5.74) is 6.21.